The van der Waals surface area contributed by atoms with Crippen molar-refractivity contribution in [3.63, 3.8) is 0 Å². The summed E-state index contributed by atoms with van der Waals surface area (Å²) in [5, 5.41) is 0.617. The van der Waals surface area contributed by atoms with Gasteiger partial charge >= 0.3 is 0 Å². The molecule has 25 heavy (non-hydrogen) atoms. The number of amides is 1. The van der Waals surface area contributed by atoms with Gasteiger partial charge in [-0.3, -0.25) is 4.79 Å². The van der Waals surface area contributed by atoms with Gasteiger partial charge in [-0.1, -0.05) is 29.0 Å². The van der Waals surface area contributed by atoms with Gasteiger partial charge in [-0.25, -0.2) is 0 Å². The molecule has 0 N–H and O–H groups in total. The van der Waals surface area contributed by atoms with E-state index in [2.05, 4.69) is 4.99 Å². The molecule has 0 fully saturated rings. The summed E-state index contributed by atoms with van der Waals surface area (Å²) in [6.07, 6.45) is 0. The van der Waals surface area contributed by atoms with E-state index in [0.29, 0.717) is 22.1 Å². The number of aryl methyl sites for hydroxylation is 1. The van der Waals surface area contributed by atoms with Crippen molar-refractivity contribution in [3.05, 3.63) is 52.3 Å². The Labute approximate surface area is 154 Å². The van der Waals surface area contributed by atoms with Gasteiger partial charge in [0.15, 0.2) is 11.4 Å². The molecule has 1 aromatic heterocycles. The number of methoxy groups -OCH3 is 1. The number of nitrogens with zero attached hydrogens (tertiary/aromatic N) is 2. The molecular weight excluding hydrogens is 360 g/mol. The first-order valence-electron chi connectivity index (χ1n) is 7.74. The molecule has 0 saturated carbocycles. The van der Waals surface area contributed by atoms with Crippen molar-refractivity contribution < 1.29 is 14.3 Å². The third-order valence-corrected chi connectivity index (χ3v) is 4.89. The Hall–Kier alpha value is -2.31. The molecule has 1 amide bonds. The van der Waals surface area contributed by atoms with E-state index < -0.39 is 0 Å². The number of carbonyl (C=O) groups excluding carboxylic acids is 1. The first-order chi connectivity index (χ1) is 12.1. The van der Waals surface area contributed by atoms with Gasteiger partial charge in [-0.05, 0) is 43.3 Å². The van der Waals surface area contributed by atoms with Gasteiger partial charge in [-0.15, -0.1) is 0 Å². The first kappa shape index (κ1) is 17.5. The smallest absolute Gasteiger partial charge is 0.286 e. The maximum atomic E-state index is 12.2. The number of hydrogen-bond acceptors (Lipinski definition) is 4. The molecule has 0 atom stereocenters. The van der Waals surface area contributed by atoms with Crippen molar-refractivity contribution in [3.8, 4) is 11.5 Å². The molecule has 0 aliphatic carbocycles. The van der Waals surface area contributed by atoms with E-state index in [1.807, 2.05) is 29.7 Å². The molecule has 3 aromatic rings. The number of hydrogen-bond donors (Lipinski definition) is 0. The summed E-state index contributed by atoms with van der Waals surface area (Å²) < 4.78 is 13.9. The molecular formula is C18H17ClN2O3S. The first-order valence-corrected chi connectivity index (χ1v) is 8.94. The van der Waals surface area contributed by atoms with E-state index in [9.17, 15) is 4.79 Å². The lowest BCUT2D eigenvalue weighted by atomic mass is 10.3. The summed E-state index contributed by atoms with van der Waals surface area (Å²) in [5.41, 5.74) is 0.947. The third-order valence-electron chi connectivity index (χ3n) is 3.60. The molecule has 0 spiro atoms. The van der Waals surface area contributed by atoms with E-state index in [1.165, 1.54) is 11.3 Å². The van der Waals surface area contributed by atoms with Crippen LogP contribution >= 0.6 is 22.9 Å². The van der Waals surface area contributed by atoms with Crippen LogP contribution in [0.1, 0.15) is 6.92 Å². The Kier molecular flexibility index (Phi) is 5.40. The van der Waals surface area contributed by atoms with Crippen LogP contribution in [0.5, 0.6) is 11.5 Å². The number of halogens is 1. The Morgan fingerprint density at radius 1 is 1.24 bits per heavy atom. The van der Waals surface area contributed by atoms with Crippen LogP contribution in [-0.4, -0.2) is 24.2 Å². The lowest BCUT2D eigenvalue weighted by Gasteiger charge is -2.06. The van der Waals surface area contributed by atoms with E-state index in [1.54, 1.807) is 31.4 Å². The van der Waals surface area contributed by atoms with Crippen LogP contribution in [0.4, 0.5) is 0 Å². The quantitative estimate of drug-likeness (QED) is 0.678. The highest BCUT2D eigenvalue weighted by molar-refractivity contribution is 7.16. The third kappa shape index (κ3) is 3.86. The Bertz CT molecular complexity index is 961. The largest absolute Gasteiger partial charge is 0.495 e. The fourth-order valence-corrected chi connectivity index (χ4v) is 3.71. The summed E-state index contributed by atoms with van der Waals surface area (Å²) >= 11 is 7.28. The lowest BCUT2D eigenvalue weighted by molar-refractivity contribution is -0.120. The zero-order chi connectivity index (χ0) is 17.8. The predicted molar refractivity (Wildman–Crippen MR) is 99.6 cm³/mol. The number of thiazole rings is 1. The summed E-state index contributed by atoms with van der Waals surface area (Å²) in [6.45, 7) is 2.56. The van der Waals surface area contributed by atoms with E-state index >= 15 is 0 Å². The summed E-state index contributed by atoms with van der Waals surface area (Å²) in [5.74, 6) is 0.999. The van der Waals surface area contributed by atoms with Gasteiger partial charge in [0.1, 0.15) is 17.0 Å². The van der Waals surface area contributed by atoms with E-state index in [0.717, 1.165) is 16.0 Å². The SMILES string of the molecule is CCn1c(=NC(=O)COc2ccc(Cl)cc2)sc2cccc(OC)c21. The minimum absolute atomic E-state index is 0.128. The predicted octanol–water partition coefficient (Wildman–Crippen LogP) is 3.89. The van der Waals surface area contributed by atoms with Crippen molar-refractivity contribution in [2.45, 2.75) is 13.5 Å². The van der Waals surface area contributed by atoms with Gasteiger partial charge in [-0.2, -0.15) is 4.99 Å². The molecule has 2 aromatic carbocycles. The number of para-hydroxylation sites is 1. The Morgan fingerprint density at radius 3 is 2.68 bits per heavy atom. The van der Waals surface area contributed by atoms with Gasteiger partial charge in [0, 0.05) is 11.6 Å². The van der Waals surface area contributed by atoms with Crippen LogP contribution in [0.3, 0.4) is 0 Å². The zero-order valence-electron chi connectivity index (χ0n) is 13.9. The van der Waals surface area contributed by atoms with Crippen LogP contribution in [-0.2, 0) is 11.3 Å². The van der Waals surface area contributed by atoms with Gasteiger partial charge in [0.2, 0.25) is 0 Å². The molecule has 7 heteroatoms. The second kappa shape index (κ2) is 7.72. The standard InChI is InChI=1S/C18H17ClN2O3S/c1-3-21-17-14(23-2)5-4-6-15(17)25-18(21)20-16(22)11-24-13-9-7-12(19)8-10-13/h4-10H,3,11H2,1-2H3. The monoisotopic (exact) mass is 376 g/mol. The highest BCUT2D eigenvalue weighted by Gasteiger charge is 2.11. The molecule has 0 bridgehead atoms. The van der Waals surface area contributed by atoms with Gasteiger partial charge in [0.25, 0.3) is 5.91 Å². The van der Waals surface area contributed by atoms with E-state index in [4.69, 9.17) is 21.1 Å². The Morgan fingerprint density at radius 2 is 2.00 bits per heavy atom. The molecule has 5 nitrogen and oxygen atoms in total. The van der Waals surface area contributed by atoms with Crippen LogP contribution in [0.25, 0.3) is 10.2 Å². The summed E-state index contributed by atoms with van der Waals surface area (Å²) in [7, 11) is 1.63. The molecule has 0 radical (unpaired) electrons. The lowest BCUT2D eigenvalue weighted by Crippen LogP contribution is -2.19. The van der Waals surface area contributed by atoms with Crippen molar-refractivity contribution >= 4 is 39.1 Å². The highest BCUT2D eigenvalue weighted by atomic mass is 35.5. The van der Waals surface area contributed by atoms with Crippen molar-refractivity contribution in [2.75, 3.05) is 13.7 Å². The maximum Gasteiger partial charge on any atom is 0.286 e. The average molecular weight is 377 g/mol. The number of rotatable bonds is 5. The number of aromatic nitrogens is 1. The molecule has 0 unspecified atom stereocenters. The molecule has 1 heterocycles. The number of benzene rings is 2. The number of carbonyl (C=O) groups is 1. The molecule has 0 aliphatic rings. The van der Waals surface area contributed by atoms with Crippen LogP contribution < -0.4 is 14.3 Å². The minimum Gasteiger partial charge on any atom is -0.495 e. The molecule has 130 valence electrons. The fourth-order valence-electron chi connectivity index (χ4n) is 2.46. The van der Waals surface area contributed by atoms with Gasteiger partial charge in [0.05, 0.1) is 11.8 Å². The Balaban J connectivity index is 1.87. The number of ether oxygens (including phenoxy) is 2. The van der Waals surface area contributed by atoms with Gasteiger partial charge < -0.3 is 14.0 Å². The molecule has 3 rings (SSSR count). The second-order valence-corrected chi connectivity index (χ2v) is 6.63. The van der Waals surface area contributed by atoms with Crippen molar-refractivity contribution in [1.82, 2.24) is 4.57 Å². The minimum atomic E-state index is -0.345. The molecule has 0 saturated heterocycles. The van der Waals surface area contributed by atoms with Crippen molar-refractivity contribution in [2.24, 2.45) is 4.99 Å². The topological polar surface area (TPSA) is 52.8 Å². The second-order valence-electron chi connectivity index (χ2n) is 5.18. The normalized spacial score (nSPS) is 11.7. The zero-order valence-corrected chi connectivity index (χ0v) is 15.4. The average Bonchev–Trinajstić information content (AvgIpc) is 2.98. The van der Waals surface area contributed by atoms with Crippen LogP contribution in [0.15, 0.2) is 47.5 Å². The van der Waals surface area contributed by atoms with Crippen LogP contribution in [0.2, 0.25) is 5.02 Å². The van der Waals surface area contributed by atoms with E-state index in [-0.39, 0.29) is 12.5 Å². The maximum absolute atomic E-state index is 12.2. The fraction of sp³-hybridized carbons (Fsp3) is 0.222. The summed E-state index contributed by atoms with van der Waals surface area (Å²) in [4.78, 5) is 17.0. The summed E-state index contributed by atoms with van der Waals surface area (Å²) in [6, 6.07) is 12.7. The number of fused-ring (bicyclic) bond motifs is 1. The molecule has 0 aliphatic heterocycles. The van der Waals surface area contributed by atoms with Crippen LogP contribution in [0, 0.1) is 0 Å². The van der Waals surface area contributed by atoms with Crippen molar-refractivity contribution in [1.29, 1.82) is 0 Å². The highest BCUT2D eigenvalue weighted by Crippen LogP contribution is 2.27.